The van der Waals surface area contributed by atoms with Crippen molar-refractivity contribution in [2.75, 3.05) is 12.5 Å². The molecule has 1 nitrogen and oxygen atoms in total. The predicted molar refractivity (Wildman–Crippen MR) is 146 cm³/mol. The molecule has 4 aromatic rings. The zero-order valence-corrected chi connectivity index (χ0v) is 20.7. The van der Waals surface area contributed by atoms with Crippen molar-refractivity contribution in [3.63, 3.8) is 0 Å². The summed E-state index contributed by atoms with van der Waals surface area (Å²) in [5, 5.41) is 2.95. The van der Waals surface area contributed by atoms with Crippen molar-refractivity contribution in [3.8, 4) is 0 Å². The fourth-order valence-corrected chi connectivity index (χ4v) is 15.3. The number of benzene rings is 4. The minimum absolute atomic E-state index is 0.0168. The maximum atomic E-state index is 14.3. The van der Waals surface area contributed by atoms with Gasteiger partial charge >= 0.3 is 198 Å². The minimum atomic E-state index is -3.84. The third kappa shape index (κ3) is 3.57. The first-order chi connectivity index (χ1) is 15.5. The van der Waals surface area contributed by atoms with Gasteiger partial charge in [-0.2, -0.15) is 0 Å². The zero-order chi connectivity index (χ0) is 22.6. The maximum absolute atomic E-state index is 14.3. The van der Waals surface area contributed by atoms with E-state index in [1.165, 1.54) is 0 Å². The van der Waals surface area contributed by atoms with Crippen LogP contribution < -0.4 is 15.9 Å². The van der Waals surface area contributed by atoms with E-state index >= 15 is 0 Å². The Morgan fingerprint density at radius 3 is 1.22 bits per heavy atom. The average Bonchev–Trinajstić information content (AvgIpc) is 2.86. The van der Waals surface area contributed by atoms with Gasteiger partial charge in [0, 0.05) is 0 Å². The second kappa shape index (κ2) is 9.16. The Morgan fingerprint density at radius 1 is 0.594 bits per heavy atom. The van der Waals surface area contributed by atoms with E-state index in [-0.39, 0.29) is 5.78 Å². The summed E-state index contributed by atoms with van der Waals surface area (Å²) in [4.78, 5) is 14.3. The number of ketones is 1. The third-order valence-electron chi connectivity index (χ3n) is 5.72. The fraction of sp³-hybridized carbons (Fsp3) is 0.0714. The van der Waals surface area contributed by atoms with Gasteiger partial charge in [-0.1, -0.05) is 0 Å². The van der Waals surface area contributed by atoms with Crippen LogP contribution in [-0.4, -0.2) is 22.9 Å². The van der Waals surface area contributed by atoms with Crippen LogP contribution >= 0.6 is 27.7 Å². The molecule has 0 aliphatic heterocycles. The van der Waals surface area contributed by atoms with Gasteiger partial charge in [-0.3, -0.25) is 0 Å². The van der Waals surface area contributed by atoms with E-state index in [4.69, 9.17) is 11.2 Å². The molecular weight excluding hydrogens is 451 g/mol. The molecule has 4 aromatic carbocycles. The van der Waals surface area contributed by atoms with Crippen molar-refractivity contribution in [2.24, 2.45) is 0 Å². The van der Waals surface area contributed by atoms with Gasteiger partial charge in [0.05, 0.1) is 0 Å². The molecule has 0 aliphatic rings. The van der Waals surface area contributed by atoms with Crippen LogP contribution in [0.1, 0.15) is 10.4 Å². The average molecular weight is 477 g/mol. The molecule has 0 spiro atoms. The van der Waals surface area contributed by atoms with Crippen LogP contribution in [0.2, 0.25) is 0 Å². The van der Waals surface area contributed by atoms with Gasteiger partial charge in [-0.25, -0.2) is 0 Å². The van der Waals surface area contributed by atoms with E-state index in [1.54, 1.807) is 0 Å². The SMILES string of the molecule is CS(C)=C(C(=O)c1ccccc1)P(Cl)(c1ccccc1)(c1ccccc1)c1ccccc1. The Kier molecular flexibility index (Phi) is 6.49. The van der Waals surface area contributed by atoms with E-state index in [9.17, 15) is 4.79 Å². The van der Waals surface area contributed by atoms with E-state index < -0.39 is 16.4 Å². The molecule has 4 rings (SSSR count). The van der Waals surface area contributed by atoms with Gasteiger partial charge in [0.15, 0.2) is 0 Å². The van der Waals surface area contributed by atoms with Gasteiger partial charge in [0.2, 0.25) is 0 Å². The second-order valence-corrected chi connectivity index (χ2v) is 16.2. The molecule has 0 saturated carbocycles. The van der Waals surface area contributed by atoms with Crippen LogP contribution in [0.15, 0.2) is 121 Å². The summed E-state index contributed by atoms with van der Waals surface area (Å²) >= 11 is 8.26. The number of carbonyl (C=O) groups is 1. The Morgan fingerprint density at radius 2 is 0.906 bits per heavy atom. The molecule has 0 aromatic heterocycles. The molecule has 0 amide bonds. The summed E-state index contributed by atoms with van der Waals surface area (Å²) < 4.78 is 0.785. The molecule has 0 radical (unpaired) electrons. The van der Waals surface area contributed by atoms with Gasteiger partial charge in [0.1, 0.15) is 0 Å². The molecule has 4 heteroatoms. The standard InChI is InChI=1S/C28H26ClOPS/c1-32(2)28(27(30)23-15-7-3-8-16-23)31(29,24-17-9-4-10-18-24,25-19-11-5-12-20-25)26-21-13-6-14-22-26/h3-22H,1-2H3. The summed E-state index contributed by atoms with van der Waals surface area (Å²) in [6.45, 7) is 0. The zero-order valence-electron chi connectivity index (χ0n) is 18.2. The van der Waals surface area contributed by atoms with Crippen molar-refractivity contribution < 1.29 is 4.79 Å². The first-order valence-electron chi connectivity index (χ1n) is 10.4. The van der Waals surface area contributed by atoms with Crippen LogP contribution in [0, 0.1) is 0 Å². The topological polar surface area (TPSA) is 17.1 Å². The van der Waals surface area contributed by atoms with Crippen LogP contribution in [0.25, 0.3) is 0 Å². The molecule has 0 heterocycles. The number of halogens is 1. The summed E-state index contributed by atoms with van der Waals surface area (Å²) in [7, 11) is -0.401. The fourth-order valence-electron chi connectivity index (χ4n) is 4.35. The Balaban J connectivity index is 2.22. The first kappa shape index (κ1) is 22.7. The monoisotopic (exact) mass is 476 g/mol. The molecule has 0 unspecified atom stereocenters. The second-order valence-electron chi connectivity index (χ2n) is 7.83. The van der Waals surface area contributed by atoms with Crippen LogP contribution in [0.3, 0.4) is 0 Å². The van der Waals surface area contributed by atoms with Crippen LogP contribution in [0.5, 0.6) is 0 Å². The van der Waals surface area contributed by atoms with Crippen molar-refractivity contribution in [3.05, 3.63) is 127 Å². The number of carbonyl (C=O) groups excluding carboxylic acids is 1. The van der Waals surface area contributed by atoms with E-state index in [2.05, 4.69) is 48.9 Å². The van der Waals surface area contributed by atoms with Gasteiger partial charge in [-0.15, -0.1) is 0 Å². The Labute approximate surface area is 197 Å². The number of rotatable bonds is 6. The third-order valence-corrected chi connectivity index (χ3v) is 16.2. The van der Waals surface area contributed by atoms with Gasteiger partial charge in [-0.05, 0) is 0 Å². The van der Waals surface area contributed by atoms with Crippen molar-refractivity contribution in [1.82, 2.24) is 0 Å². The van der Waals surface area contributed by atoms with Crippen molar-refractivity contribution in [2.45, 2.75) is 0 Å². The van der Waals surface area contributed by atoms with E-state index in [1.807, 2.05) is 84.9 Å². The Hall–Kier alpha value is -2.51. The summed E-state index contributed by atoms with van der Waals surface area (Å²) in [6, 6.07) is 40.0. The predicted octanol–water partition coefficient (Wildman–Crippen LogP) is 6.21. The van der Waals surface area contributed by atoms with Gasteiger partial charge in [0.25, 0.3) is 0 Å². The normalized spacial score (nSPS) is 12.7. The van der Waals surface area contributed by atoms with Crippen LogP contribution in [-0.2, 0) is 0 Å². The summed E-state index contributed by atoms with van der Waals surface area (Å²) in [6.07, 6.45) is 4.21. The molecule has 0 bridgehead atoms. The molecular formula is C28H26ClOPS. The van der Waals surface area contributed by atoms with Crippen LogP contribution in [0.4, 0.5) is 0 Å². The number of hydrogen-bond donors (Lipinski definition) is 0. The molecule has 32 heavy (non-hydrogen) atoms. The Bertz CT molecular complexity index is 1150. The molecule has 0 N–H and O–H groups in total. The quantitative estimate of drug-likeness (QED) is 0.184. The molecule has 0 atom stereocenters. The summed E-state index contributed by atoms with van der Waals surface area (Å²) in [5.41, 5.74) is 0.668. The van der Waals surface area contributed by atoms with E-state index in [0.717, 1.165) is 20.5 Å². The number of Topliss-reactive ketones (excluding diaryl/α,β-unsaturated/α-hetero) is 1. The van der Waals surface area contributed by atoms with Gasteiger partial charge < -0.3 is 0 Å². The van der Waals surface area contributed by atoms with Crippen molar-refractivity contribution >= 4 is 54.0 Å². The summed E-state index contributed by atoms with van der Waals surface area (Å²) in [5.74, 6) is -3.82. The number of hydrogen-bond acceptors (Lipinski definition) is 1. The van der Waals surface area contributed by atoms with E-state index in [0.29, 0.717) is 5.56 Å². The molecule has 0 aliphatic carbocycles. The first-order valence-corrected chi connectivity index (χ1v) is 15.6. The van der Waals surface area contributed by atoms with Crippen molar-refractivity contribution in [1.29, 1.82) is 0 Å². The molecule has 0 saturated heterocycles. The molecule has 162 valence electrons. The molecule has 0 fully saturated rings.